The molecule has 1 aliphatic heterocycles. The van der Waals surface area contributed by atoms with E-state index in [1.54, 1.807) is 24.3 Å². The second kappa shape index (κ2) is 6.24. The molecule has 21 heavy (non-hydrogen) atoms. The van der Waals surface area contributed by atoms with E-state index in [9.17, 15) is 14.7 Å². The van der Waals surface area contributed by atoms with Gasteiger partial charge in [-0.25, -0.2) is 9.59 Å². The molecule has 1 aromatic rings. The average molecular weight is 289 g/mol. The van der Waals surface area contributed by atoms with Crippen LogP contribution in [0, 0.1) is 11.3 Å². The first kappa shape index (κ1) is 14.8. The molecule has 7 heteroatoms. The number of carboxylic acid groups (broad SMARTS) is 1. The van der Waals surface area contributed by atoms with Gasteiger partial charge in [0.15, 0.2) is 0 Å². The van der Waals surface area contributed by atoms with Crippen molar-refractivity contribution in [3.05, 3.63) is 35.4 Å². The fourth-order valence-corrected chi connectivity index (χ4v) is 2.30. The Kier molecular flexibility index (Phi) is 4.40. The molecule has 1 aromatic carbocycles. The van der Waals surface area contributed by atoms with E-state index >= 15 is 0 Å². The number of β-amino-alcohol motifs (C(OH)–C–C–N with tert-alkyl or cyclic N) is 1. The number of amides is 2. The largest absolute Gasteiger partial charge is 0.480 e. The first-order valence-corrected chi connectivity index (χ1v) is 6.45. The maximum atomic E-state index is 12.0. The molecule has 2 atom stereocenters. The van der Waals surface area contributed by atoms with Gasteiger partial charge in [-0.2, -0.15) is 5.26 Å². The third-order valence-corrected chi connectivity index (χ3v) is 3.32. The van der Waals surface area contributed by atoms with Gasteiger partial charge >= 0.3 is 12.0 Å². The van der Waals surface area contributed by atoms with E-state index in [1.165, 1.54) is 0 Å². The molecule has 1 heterocycles. The molecule has 0 saturated carbocycles. The number of carbonyl (C=O) groups excluding carboxylic acids is 1. The van der Waals surface area contributed by atoms with Gasteiger partial charge in [0.05, 0.1) is 17.7 Å². The van der Waals surface area contributed by atoms with Crippen LogP contribution < -0.4 is 5.32 Å². The van der Waals surface area contributed by atoms with Crippen molar-refractivity contribution < 1.29 is 19.8 Å². The molecular formula is C14H15N3O4. The Morgan fingerprint density at radius 2 is 2.24 bits per heavy atom. The number of urea groups is 1. The van der Waals surface area contributed by atoms with E-state index < -0.39 is 24.1 Å². The van der Waals surface area contributed by atoms with Gasteiger partial charge in [0.2, 0.25) is 0 Å². The van der Waals surface area contributed by atoms with Crippen molar-refractivity contribution in [1.82, 2.24) is 10.2 Å². The van der Waals surface area contributed by atoms with Crippen LogP contribution in [0.2, 0.25) is 0 Å². The molecule has 1 aliphatic rings. The van der Waals surface area contributed by atoms with E-state index in [2.05, 4.69) is 5.32 Å². The van der Waals surface area contributed by atoms with Crippen molar-refractivity contribution in [2.45, 2.75) is 25.1 Å². The molecule has 1 fully saturated rings. The summed E-state index contributed by atoms with van der Waals surface area (Å²) in [5, 5.41) is 29.9. The van der Waals surface area contributed by atoms with Crippen LogP contribution in [0.25, 0.3) is 0 Å². The van der Waals surface area contributed by atoms with Gasteiger partial charge in [0.25, 0.3) is 0 Å². The quantitative estimate of drug-likeness (QED) is 0.740. The molecule has 110 valence electrons. The molecule has 3 N–H and O–H groups in total. The second-order valence-electron chi connectivity index (χ2n) is 4.87. The highest BCUT2D eigenvalue weighted by Crippen LogP contribution is 2.18. The Bertz CT molecular complexity index is 596. The number of nitriles is 1. The van der Waals surface area contributed by atoms with Crippen LogP contribution in [0.1, 0.15) is 17.5 Å². The average Bonchev–Trinajstić information content (AvgIpc) is 2.87. The Hall–Kier alpha value is -2.59. The summed E-state index contributed by atoms with van der Waals surface area (Å²) >= 11 is 0. The fourth-order valence-electron chi connectivity index (χ4n) is 2.30. The van der Waals surface area contributed by atoms with Crippen molar-refractivity contribution in [2.24, 2.45) is 0 Å². The summed E-state index contributed by atoms with van der Waals surface area (Å²) in [6, 6.07) is 7.22. The Labute approximate surface area is 121 Å². The Balaban J connectivity index is 1.98. The first-order chi connectivity index (χ1) is 10.0. The minimum atomic E-state index is -1.13. The lowest BCUT2D eigenvalue weighted by atomic mass is 10.1. The van der Waals surface area contributed by atoms with Crippen molar-refractivity contribution in [3.63, 3.8) is 0 Å². The molecule has 0 bridgehead atoms. The van der Waals surface area contributed by atoms with E-state index in [-0.39, 0.29) is 19.5 Å². The summed E-state index contributed by atoms with van der Waals surface area (Å²) in [6.07, 6.45) is -0.786. The van der Waals surface area contributed by atoms with Gasteiger partial charge < -0.3 is 20.4 Å². The van der Waals surface area contributed by atoms with E-state index in [1.807, 2.05) is 6.07 Å². The number of carboxylic acids is 1. The number of hydrogen-bond donors (Lipinski definition) is 3. The second-order valence-corrected chi connectivity index (χ2v) is 4.87. The summed E-state index contributed by atoms with van der Waals surface area (Å²) in [4.78, 5) is 24.2. The smallest absolute Gasteiger partial charge is 0.326 e. The third kappa shape index (κ3) is 3.49. The standard InChI is InChI=1S/C14H15N3O4/c15-6-9-2-1-3-10(4-9)7-16-14(21)17-8-11(18)5-12(17)13(19)20/h1-4,11-12,18H,5,7-8H2,(H,16,21)(H,19,20)/t11?,12-/m0/s1. The van der Waals surface area contributed by atoms with Crippen LogP contribution >= 0.6 is 0 Å². The highest BCUT2D eigenvalue weighted by molar-refractivity contribution is 5.83. The number of aliphatic hydroxyl groups excluding tert-OH is 1. The number of nitrogens with zero attached hydrogens (tertiary/aromatic N) is 2. The van der Waals surface area contributed by atoms with Crippen molar-refractivity contribution >= 4 is 12.0 Å². The lowest BCUT2D eigenvalue weighted by Gasteiger charge is -2.21. The van der Waals surface area contributed by atoms with Crippen LogP contribution in [0.5, 0.6) is 0 Å². The number of nitrogens with one attached hydrogen (secondary N) is 1. The molecule has 0 spiro atoms. The third-order valence-electron chi connectivity index (χ3n) is 3.32. The van der Waals surface area contributed by atoms with E-state index in [0.29, 0.717) is 5.56 Å². The zero-order valence-electron chi connectivity index (χ0n) is 11.2. The molecule has 0 radical (unpaired) electrons. The zero-order valence-corrected chi connectivity index (χ0v) is 11.2. The molecule has 2 rings (SSSR count). The number of aliphatic carboxylic acids is 1. The van der Waals surface area contributed by atoms with Gasteiger partial charge in [-0.1, -0.05) is 12.1 Å². The number of aliphatic hydroxyl groups is 1. The minimum Gasteiger partial charge on any atom is -0.480 e. The zero-order chi connectivity index (χ0) is 15.4. The Morgan fingerprint density at radius 1 is 1.48 bits per heavy atom. The Morgan fingerprint density at radius 3 is 2.90 bits per heavy atom. The first-order valence-electron chi connectivity index (χ1n) is 6.45. The fraction of sp³-hybridized carbons (Fsp3) is 0.357. The van der Waals surface area contributed by atoms with Crippen molar-refractivity contribution in [3.8, 4) is 6.07 Å². The van der Waals surface area contributed by atoms with Gasteiger partial charge in [0.1, 0.15) is 6.04 Å². The van der Waals surface area contributed by atoms with Crippen LogP contribution in [-0.4, -0.2) is 45.8 Å². The van der Waals surface area contributed by atoms with Crippen LogP contribution in [-0.2, 0) is 11.3 Å². The molecule has 7 nitrogen and oxygen atoms in total. The van der Waals surface area contributed by atoms with Gasteiger partial charge in [0, 0.05) is 19.5 Å². The topological polar surface area (TPSA) is 114 Å². The molecular weight excluding hydrogens is 274 g/mol. The lowest BCUT2D eigenvalue weighted by Crippen LogP contribution is -2.45. The predicted octanol–water partition coefficient (Wildman–Crippen LogP) is 0.288. The molecule has 1 saturated heterocycles. The molecule has 0 aromatic heterocycles. The van der Waals surface area contributed by atoms with Crippen molar-refractivity contribution in [2.75, 3.05) is 6.54 Å². The monoisotopic (exact) mass is 289 g/mol. The van der Waals surface area contributed by atoms with Crippen molar-refractivity contribution in [1.29, 1.82) is 5.26 Å². The number of hydrogen-bond acceptors (Lipinski definition) is 4. The van der Waals surface area contributed by atoms with Crippen LogP contribution in [0.15, 0.2) is 24.3 Å². The molecule has 0 aliphatic carbocycles. The highest BCUT2D eigenvalue weighted by Gasteiger charge is 2.38. The molecule has 2 amide bonds. The van der Waals surface area contributed by atoms with Crippen LogP contribution in [0.4, 0.5) is 4.79 Å². The van der Waals surface area contributed by atoms with E-state index in [0.717, 1.165) is 10.5 Å². The van der Waals surface area contributed by atoms with Gasteiger partial charge in [-0.15, -0.1) is 0 Å². The number of likely N-dealkylation sites (tertiary alicyclic amines) is 1. The minimum absolute atomic E-state index is 0.00103. The maximum absolute atomic E-state index is 12.0. The lowest BCUT2D eigenvalue weighted by molar-refractivity contribution is -0.141. The summed E-state index contributed by atoms with van der Waals surface area (Å²) < 4.78 is 0. The SMILES string of the molecule is N#Cc1cccc(CNC(=O)N2CC(O)C[C@H]2C(=O)O)c1. The number of rotatable bonds is 3. The summed E-state index contributed by atoms with van der Waals surface area (Å²) in [5.74, 6) is -1.13. The van der Waals surface area contributed by atoms with Gasteiger partial charge in [-0.3, -0.25) is 0 Å². The normalized spacial score (nSPS) is 20.9. The van der Waals surface area contributed by atoms with Crippen LogP contribution in [0.3, 0.4) is 0 Å². The van der Waals surface area contributed by atoms with E-state index in [4.69, 9.17) is 10.4 Å². The summed E-state index contributed by atoms with van der Waals surface area (Å²) in [7, 11) is 0. The number of benzene rings is 1. The summed E-state index contributed by atoms with van der Waals surface area (Å²) in [5.41, 5.74) is 1.23. The highest BCUT2D eigenvalue weighted by atomic mass is 16.4. The number of carbonyl (C=O) groups is 2. The predicted molar refractivity (Wildman–Crippen MR) is 72.1 cm³/mol. The van der Waals surface area contributed by atoms with Gasteiger partial charge in [-0.05, 0) is 17.7 Å². The molecule has 1 unspecified atom stereocenters. The summed E-state index contributed by atoms with van der Waals surface area (Å²) in [6.45, 7) is 0.189. The maximum Gasteiger partial charge on any atom is 0.326 e.